The van der Waals surface area contributed by atoms with Crippen LogP contribution in [0.4, 0.5) is 0 Å². The van der Waals surface area contributed by atoms with Crippen molar-refractivity contribution in [2.75, 3.05) is 34.1 Å². The molecule has 0 rings (SSSR count). The van der Waals surface area contributed by atoms with E-state index in [4.69, 9.17) is 9.47 Å². The molecule has 0 saturated carbocycles. The predicted octanol–water partition coefficient (Wildman–Crippen LogP) is -0.238. The highest BCUT2D eigenvalue weighted by molar-refractivity contribution is 4.54. The Morgan fingerprint density at radius 3 is 2.27 bits per heavy atom. The molecule has 4 nitrogen and oxygen atoms in total. The maximum atomic E-state index is 5.17. The van der Waals surface area contributed by atoms with Crippen LogP contribution in [0.1, 0.15) is 6.92 Å². The smallest absolute Gasteiger partial charge is 0.146 e. The van der Waals surface area contributed by atoms with E-state index >= 15 is 0 Å². The van der Waals surface area contributed by atoms with Gasteiger partial charge in [-0.25, -0.2) is 0 Å². The minimum absolute atomic E-state index is 0.204. The summed E-state index contributed by atoms with van der Waals surface area (Å²) in [7, 11) is 3.76. The van der Waals surface area contributed by atoms with Crippen molar-refractivity contribution in [2.45, 2.75) is 13.1 Å². The summed E-state index contributed by atoms with van der Waals surface area (Å²) in [6.45, 7) is 3.63. The Balaban J connectivity index is 3.07. The Bertz CT molecular complexity index is 76.8. The number of hydrogen-bond acceptors (Lipinski definition) is 4. The molecule has 0 aromatic carbocycles. The highest BCUT2D eigenvalue weighted by Crippen LogP contribution is 1.81. The lowest BCUT2D eigenvalue weighted by molar-refractivity contribution is -0.0569. The first-order valence-electron chi connectivity index (χ1n) is 3.85. The Hall–Kier alpha value is -0.160. The molecule has 0 saturated heterocycles. The second-order valence-corrected chi connectivity index (χ2v) is 2.11. The average molecular weight is 162 g/mol. The van der Waals surface area contributed by atoms with Gasteiger partial charge in [-0.05, 0) is 21.0 Å². The fourth-order valence-electron chi connectivity index (χ4n) is 0.619. The molecular formula is C7H18N2O2. The second-order valence-electron chi connectivity index (χ2n) is 2.11. The molecule has 0 radical (unpaired) electrons. The van der Waals surface area contributed by atoms with E-state index < -0.39 is 0 Å². The van der Waals surface area contributed by atoms with Gasteiger partial charge in [0.15, 0.2) is 0 Å². The maximum Gasteiger partial charge on any atom is 0.146 e. The van der Waals surface area contributed by atoms with Crippen molar-refractivity contribution in [1.82, 2.24) is 10.6 Å². The van der Waals surface area contributed by atoms with Gasteiger partial charge in [-0.2, -0.15) is 0 Å². The van der Waals surface area contributed by atoms with Crippen molar-refractivity contribution in [3.8, 4) is 0 Å². The van der Waals surface area contributed by atoms with Crippen molar-refractivity contribution >= 4 is 0 Å². The Morgan fingerprint density at radius 1 is 1.18 bits per heavy atom. The second kappa shape index (κ2) is 7.94. The third-order valence-corrected chi connectivity index (χ3v) is 1.35. The van der Waals surface area contributed by atoms with E-state index in [0.29, 0.717) is 20.0 Å². The Labute approximate surface area is 68.3 Å². The molecular weight excluding hydrogens is 144 g/mol. The molecule has 0 fully saturated rings. The van der Waals surface area contributed by atoms with Gasteiger partial charge in [-0.1, -0.05) is 0 Å². The standard InChI is InChI=1S/C7H18N2O2/c1-4-10-6-11-5-7(8-2)9-3/h7-9H,4-6H2,1-3H3. The normalized spacial score (nSPS) is 10.9. The zero-order valence-corrected chi connectivity index (χ0v) is 7.52. The molecule has 0 heterocycles. The van der Waals surface area contributed by atoms with Crippen LogP contribution in [-0.2, 0) is 9.47 Å². The lowest BCUT2D eigenvalue weighted by Crippen LogP contribution is -2.41. The van der Waals surface area contributed by atoms with Crippen LogP contribution in [0.15, 0.2) is 0 Å². The van der Waals surface area contributed by atoms with Gasteiger partial charge in [0, 0.05) is 6.61 Å². The monoisotopic (exact) mass is 162 g/mol. The van der Waals surface area contributed by atoms with E-state index in [9.17, 15) is 0 Å². The predicted molar refractivity (Wildman–Crippen MR) is 44.4 cm³/mol. The fourth-order valence-corrected chi connectivity index (χ4v) is 0.619. The molecule has 0 unspecified atom stereocenters. The molecule has 0 atom stereocenters. The van der Waals surface area contributed by atoms with Crippen LogP contribution in [-0.4, -0.2) is 40.3 Å². The summed E-state index contributed by atoms with van der Waals surface area (Å²) in [5.74, 6) is 0. The van der Waals surface area contributed by atoms with Gasteiger partial charge in [0.25, 0.3) is 0 Å². The average Bonchev–Trinajstić information content (AvgIpc) is 2.05. The van der Waals surface area contributed by atoms with Gasteiger partial charge < -0.3 is 20.1 Å². The summed E-state index contributed by atoms with van der Waals surface area (Å²) in [5, 5.41) is 6.07. The summed E-state index contributed by atoms with van der Waals surface area (Å²) in [5.41, 5.74) is 0. The number of nitrogens with one attached hydrogen (secondary N) is 2. The molecule has 4 heteroatoms. The lowest BCUT2D eigenvalue weighted by Gasteiger charge is -2.14. The summed E-state index contributed by atoms with van der Waals surface area (Å²) in [6.07, 6.45) is 0.204. The fraction of sp³-hybridized carbons (Fsp3) is 1.00. The number of likely N-dealkylation sites (N-methyl/N-ethyl adjacent to an activating group) is 2. The van der Waals surface area contributed by atoms with E-state index in [2.05, 4.69) is 10.6 Å². The molecule has 2 N–H and O–H groups in total. The third-order valence-electron chi connectivity index (χ3n) is 1.35. The van der Waals surface area contributed by atoms with E-state index in [1.807, 2.05) is 21.0 Å². The summed E-state index contributed by atoms with van der Waals surface area (Å²) in [6, 6.07) is 0. The summed E-state index contributed by atoms with van der Waals surface area (Å²) in [4.78, 5) is 0. The van der Waals surface area contributed by atoms with Crippen LogP contribution in [0.25, 0.3) is 0 Å². The van der Waals surface area contributed by atoms with Crippen LogP contribution in [0.3, 0.4) is 0 Å². The number of hydrogen-bond donors (Lipinski definition) is 2. The first-order chi connectivity index (χ1) is 5.35. The quantitative estimate of drug-likeness (QED) is 0.400. The molecule has 0 spiro atoms. The molecule has 0 aliphatic heterocycles. The largest absolute Gasteiger partial charge is 0.356 e. The van der Waals surface area contributed by atoms with Crippen molar-refractivity contribution in [2.24, 2.45) is 0 Å². The highest BCUT2D eigenvalue weighted by atomic mass is 16.7. The van der Waals surface area contributed by atoms with Crippen LogP contribution in [0.2, 0.25) is 0 Å². The number of rotatable bonds is 7. The number of ether oxygens (including phenoxy) is 2. The van der Waals surface area contributed by atoms with Crippen LogP contribution >= 0.6 is 0 Å². The first kappa shape index (κ1) is 10.8. The van der Waals surface area contributed by atoms with Crippen LogP contribution < -0.4 is 10.6 Å². The summed E-state index contributed by atoms with van der Waals surface area (Å²) < 4.78 is 10.2. The molecule has 0 aliphatic rings. The minimum atomic E-state index is 0.204. The highest BCUT2D eigenvalue weighted by Gasteiger charge is 1.99. The zero-order valence-electron chi connectivity index (χ0n) is 7.52. The molecule has 0 aromatic heterocycles. The molecule has 0 aliphatic carbocycles. The Morgan fingerprint density at radius 2 is 1.82 bits per heavy atom. The van der Waals surface area contributed by atoms with Gasteiger partial charge in [0.1, 0.15) is 6.79 Å². The van der Waals surface area contributed by atoms with Crippen molar-refractivity contribution in [1.29, 1.82) is 0 Å². The van der Waals surface area contributed by atoms with Gasteiger partial charge in [-0.3, -0.25) is 0 Å². The van der Waals surface area contributed by atoms with Crippen molar-refractivity contribution in [3.05, 3.63) is 0 Å². The lowest BCUT2D eigenvalue weighted by atomic mass is 10.5. The molecule has 0 amide bonds. The van der Waals surface area contributed by atoms with Gasteiger partial charge in [-0.15, -0.1) is 0 Å². The van der Waals surface area contributed by atoms with Crippen LogP contribution in [0, 0.1) is 0 Å². The van der Waals surface area contributed by atoms with Gasteiger partial charge in [0.2, 0.25) is 0 Å². The van der Waals surface area contributed by atoms with E-state index in [1.165, 1.54) is 0 Å². The molecule has 0 aromatic rings. The molecule has 0 bridgehead atoms. The minimum Gasteiger partial charge on any atom is -0.356 e. The van der Waals surface area contributed by atoms with E-state index in [-0.39, 0.29) is 6.17 Å². The molecule has 11 heavy (non-hydrogen) atoms. The Kier molecular flexibility index (Phi) is 7.83. The SMILES string of the molecule is CCOCOCC(NC)NC. The molecule has 68 valence electrons. The summed E-state index contributed by atoms with van der Waals surface area (Å²) >= 11 is 0. The van der Waals surface area contributed by atoms with Crippen molar-refractivity contribution in [3.63, 3.8) is 0 Å². The van der Waals surface area contributed by atoms with Gasteiger partial charge >= 0.3 is 0 Å². The van der Waals surface area contributed by atoms with Crippen molar-refractivity contribution < 1.29 is 9.47 Å². The first-order valence-corrected chi connectivity index (χ1v) is 3.85. The zero-order chi connectivity index (χ0) is 8.53. The maximum absolute atomic E-state index is 5.17. The third kappa shape index (κ3) is 6.25. The topological polar surface area (TPSA) is 42.5 Å². The van der Waals surface area contributed by atoms with Crippen LogP contribution in [0.5, 0.6) is 0 Å². The van der Waals surface area contributed by atoms with E-state index in [0.717, 1.165) is 0 Å². The van der Waals surface area contributed by atoms with E-state index in [1.54, 1.807) is 0 Å². The van der Waals surface area contributed by atoms with Gasteiger partial charge in [0.05, 0.1) is 12.8 Å².